The van der Waals surface area contributed by atoms with E-state index in [2.05, 4.69) is 0 Å². The lowest BCUT2D eigenvalue weighted by molar-refractivity contribution is -0.385. The number of halogens is 1. The van der Waals surface area contributed by atoms with Gasteiger partial charge in [0.05, 0.1) is 16.0 Å². The van der Waals surface area contributed by atoms with Crippen molar-refractivity contribution >= 4 is 17.3 Å². The number of nitro groups is 1. The first kappa shape index (κ1) is 10.2. The molecule has 80 valence electrons. The number of epoxide rings is 1. The van der Waals surface area contributed by atoms with Crippen LogP contribution in [0.15, 0.2) is 18.2 Å². The Hall–Kier alpha value is -1.33. The van der Waals surface area contributed by atoms with Gasteiger partial charge in [-0.25, -0.2) is 0 Å². The predicted octanol–water partition coefficient (Wildman–Crippen LogP) is 2.37. The molecule has 0 spiro atoms. The SMILES string of the molecule is CC1(Oc2cc([N+](=O)[O-])ccc2Cl)CO1. The van der Waals surface area contributed by atoms with Crippen molar-refractivity contribution in [2.45, 2.75) is 12.7 Å². The van der Waals surface area contributed by atoms with Crippen molar-refractivity contribution in [1.29, 1.82) is 0 Å². The predicted molar refractivity (Wildman–Crippen MR) is 53.1 cm³/mol. The number of benzene rings is 1. The Morgan fingerprint density at radius 1 is 1.67 bits per heavy atom. The van der Waals surface area contributed by atoms with E-state index in [9.17, 15) is 10.1 Å². The summed E-state index contributed by atoms with van der Waals surface area (Å²) in [6, 6.07) is 4.04. The number of hydrogen-bond acceptors (Lipinski definition) is 4. The van der Waals surface area contributed by atoms with Crippen molar-refractivity contribution in [2.24, 2.45) is 0 Å². The molecule has 6 heteroatoms. The molecule has 1 heterocycles. The van der Waals surface area contributed by atoms with Gasteiger partial charge >= 0.3 is 0 Å². The van der Waals surface area contributed by atoms with E-state index in [0.29, 0.717) is 11.6 Å². The van der Waals surface area contributed by atoms with Gasteiger partial charge in [0, 0.05) is 13.0 Å². The van der Waals surface area contributed by atoms with Gasteiger partial charge in [0.1, 0.15) is 12.4 Å². The maximum absolute atomic E-state index is 10.5. The summed E-state index contributed by atoms with van der Waals surface area (Å²) in [5, 5.41) is 10.9. The lowest BCUT2D eigenvalue weighted by atomic mass is 10.3. The molecule has 1 aliphatic heterocycles. The molecule has 2 rings (SSSR count). The van der Waals surface area contributed by atoms with Crippen LogP contribution in [-0.2, 0) is 4.74 Å². The molecule has 1 aliphatic rings. The van der Waals surface area contributed by atoms with E-state index in [1.165, 1.54) is 18.2 Å². The second-order valence-corrected chi connectivity index (χ2v) is 3.80. The number of nitrogens with zero attached hydrogens (tertiary/aromatic N) is 1. The normalized spacial score (nSPS) is 23.6. The van der Waals surface area contributed by atoms with Crippen LogP contribution >= 0.6 is 11.6 Å². The Labute approximate surface area is 90.7 Å². The van der Waals surface area contributed by atoms with E-state index in [-0.39, 0.29) is 11.4 Å². The van der Waals surface area contributed by atoms with E-state index < -0.39 is 10.7 Å². The highest BCUT2D eigenvalue weighted by Gasteiger charge is 2.42. The summed E-state index contributed by atoms with van der Waals surface area (Å²) in [4.78, 5) is 10.0. The average molecular weight is 230 g/mol. The maximum atomic E-state index is 10.5. The number of non-ortho nitro benzene ring substituents is 1. The van der Waals surface area contributed by atoms with Crippen molar-refractivity contribution < 1.29 is 14.4 Å². The van der Waals surface area contributed by atoms with Crippen LogP contribution < -0.4 is 4.74 Å². The molecule has 1 fully saturated rings. The summed E-state index contributed by atoms with van der Waals surface area (Å²) in [5.74, 6) is -0.412. The van der Waals surface area contributed by atoms with Crippen molar-refractivity contribution in [3.63, 3.8) is 0 Å². The quantitative estimate of drug-likeness (QED) is 0.453. The molecular formula is C9H8ClNO4. The number of rotatable bonds is 3. The van der Waals surface area contributed by atoms with Crippen LogP contribution in [0.1, 0.15) is 6.92 Å². The molecule has 15 heavy (non-hydrogen) atoms. The third-order valence-electron chi connectivity index (χ3n) is 2.00. The van der Waals surface area contributed by atoms with Crippen molar-refractivity contribution in [3.05, 3.63) is 33.3 Å². The Morgan fingerprint density at radius 3 is 2.87 bits per heavy atom. The van der Waals surface area contributed by atoms with Crippen molar-refractivity contribution in [3.8, 4) is 5.75 Å². The first-order valence-corrected chi connectivity index (χ1v) is 4.65. The molecular weight excluding hydrogens is 222 g/mol. The number of nitro benzene ring substituents is 1. The van der Waals surface area contributed by atoms with Crippen molar-refractivity contribution in [1.82, 2.24) is 0 Å². The largest absolute Gasteiger partial charge is 0.458 e. The van der Waals surface area contributed by atoms with Crippen LogP contribution in [-0.4, -0.2) is 17.3 Å². The molecule has 0 amide bonds. The zero-order chi connectivity index (χ0) is 11.1. The van der Waals surface area contributed by atoms with Crippen LogP contribution in [0.3, 0.4) is 0 Å². The van der Waals surface area contributed by atoms with Crippen LogP contribution in [0, 0.1) is 10.1 Å². The van der Waals surface area contributed by atoms with E-state index >= 15 is 0 Å². The molecule has 1 unspecified atom stereocenters. The lowest BCUT2D eigenvalue weighted by Crippen LogP contribution is -2.14. The number of hydrogen-bond donors (Lipinski definition) is 0. The summed E-state index contributed by atoms with van der Waals surface area (Å²) in [6.45, 7) is 2.20. The summed E-state index contributed by atoms with van der Waals surface area (Å²) in [6.07, 6.45) is 0. The molecule has 1 atom stereocenters. The van der Waals surface area contributed by atoms with Crippen LogP contribution in [0.4, 0.5) is 5.69 Å². The fraction of sp³-hybridized carbons (Fsp3) is 0.333. The van der Waals surface area contributed by atoms with Crippen LogP contribution in [0.5, 0.6) is 5.75 Å². The highest BCUT2D eigenvalue weighted by molar-refractivity contribution is 6.32. The Kier molecular flexibility index (Phi) is 2.28. The molecule has 1 saturated heterocycles. The monoisotopic (exact) mass is 229 g/mol. The molecule has 0 N–H and O–H groups in total. The Bertz CT molecular complexity index is 417. The van der Waals surface area contributed by atoms with E-state index in [1.54, 1.807) is 6.92 Å². The summed E-state index contributed by atoms with van der Waals surface area (Å²) in [5.41, 5.74) is -0.0568. The lowest BCUT2D eigenvalue weighted by Gasteiger charge is -2.10. The third-order valence-corrected chi connectivity index (χ3v) is 2.31. The maximum Gasteiger partial charge on any atom is 0.273 e. The minimum absolute atomic E-state index is 0.0568. The first-order valence-electron chi connectivity index (χ1n) is 4.27. The molecule has 0 saturated carbocycles. The fourth-order valence-electron chi connectivity index (χ4n) is 1.08. The standard InChI is InChI=1S/C9H8ClNO4/c1-9(5-14-9)15-8-4-6(11(12)13)2-3-7(8)10/h2-4H,5H2,1H3. The molecule has 0 bridgehead atoms. The molecule has 0 aromatic heterocycles. The summed E-state index contributed by atoms with van der Waals surface area (Å²) in [7, 11) is 0. The highest BCUT2D eigenvalue weighted by atomic mass is 35.5. The highest BCUT2D eigenvalue weighted by Crippen LogP contribution is 2.36. The zero-order valence-electron chi connectivity index (χ0n) is 7.90. The second kappa shape index (κ2) is 3.36. The van der Waals surface area contributed by atoms with E-state index in [1.807, 2.05) is 0 Å². The smallest absolute Gasteiger partial charge is 0.273 e. The molecule has 0 radical (unpaired) electrons. The average Bonchev–Trinajstić information content (AvgIpc) is 2.87. The van der Waals surface area contributed by atoms with Crippen LogP contribution in [0.2, 0.25) is 5.02 Å². The Morgan fingerprint density at radius 2 is 2.33 bits per heavy atom. The number of ether oxygens (including phenoxy) is 2. The topological polar surface area (TPSA) is 64.9 Å². The summed E-state index contributed by atoms with van der Waals surface area (Å²) >= 11 is 5.83. The molecule has 0 aliphatic carbocycles. The van der Waals surface area contributed by atoms with Gasteiger partial charge in [-0.15, -0.1) is 0 Å². The first-order chi connectivity index (χ1) is 7.00. The van der Waals surface area contributed by atoms with E-state index in [0.717, 1.165) is 0 Å². The van der Waals surface area contributed by atoms with Gasteiger partial charge in [0.15, 0.2) is 0 Å². The fourth-order valence-corrected chi connectivity index (χ4v) is 1.23. The van der Waals surface area contributed by atoms with E-state index in [4.69, 9.17) is 21.1 Å². The molecule has 1 aromatic rings. The van der Waals surface area contributed by atoms with Gasteiger partial charge in [0.25, 0.3) is 5.69 Å². The van der Waals surface area contributed by atoms with Gasteiger partial charge in [0.2, 0.25) is 5.79 Å². The Balaban J connectivity index is 2.28. The van der Waals surface area contributed by atoms with Gasteiger partial charge in [-0.2, -0.15) is 0 Å². The minimum Gasteiger partial charge on any atom is -0.458 e. The molecule has 5 nitrogen and oxygen atoms in total. The second-order valence-electron chi connectivity index (χ2n) is 3.40. The third kappa shape index (κ3) is 2.19. The van der Waals surface area contributed by atoms with Gasteiger partial charge in [-0.3, -0.25) is 10.1 Å². The van der Waals surface area contributed by atoms with Crippen molar-refractivity contribution in [2.75, 3.05) is 6.61 Å². The summed E-state index contributed by atoms with van der Waals surface area (Å²) < 4.78 is 10.4. The minimum atomic E-state index is -0.682. The zero-order valence-corrected chi connectivity index (χ0v) is 8.65. The van der Waals surface area contributed by atoms with Gasteiger partial charge in [-0.1, -0.05) is 11.6 Å². The van der Waals surface area contributed by atoms with Gasteiger partial charge < -0.3 is 9.47 Å². The van der Waals surface area contributed by atoms with Crippen LogP contribution in [0.25, 0.3) is 0 Å². The van der Waals surface area contributed by atoms with Gasteiger partial charge in [-0.05, 0) is 6.07 Å². The molecule has 1 aromatic carbocycles.